The molecule has 0 aliphatic heterocycles. The molecule has 1 N–H and O–H groups in total. The topological polar surface area (TPSA) is 56.2 Å². The summed E-state index contributed by atoms with van der Waals surface area (Å²) in [6.07, 6.45) is 2.76. The number of aromatic nitrogens is 2. The third-order valence-electron chi connectivity index (χ3n) is 4.21. The van der Waals surface area contributed by atoms with Crippen molar-refractivity contribution >= 4 is 11.7 Å². The first kappa shape index (κ1) is 18.7. The summed E-state index contributed by atoms with van der Waals surface area (Å²) >= 11 is 0. The highest BCUT2D eigenvalue weighted by molar-refractivity contribution is 5.89. The molecule has 3 aromatic rings. The van der Waals surface area contributed by atoms with Gasteiger partial charge in [-0.2, -0.15) is 5.10 Å². The highest BCUT2D eigenvalue weighted by atomic mass is 16.5. The highest BCUT2D eigenvalue weighted by Crippen LogP contribution is 2.14. The summed E-state index contributed by atoms with van der Waals surface area (Å²) in [5.74, 6) is 1.52. The van der Waals surface area contributed by atoms with Crippen LogP contribution in [0.4, 0.5) is 5.82 Å². The predicted molar refractivity (Wildman–Crippen MR) is 107 cm³/mol. The largest absolute Gasteiger partial charge is 0.494 e. The number of benzene rings is 2. The fraction of sp³-hybridized carbons (Fsp3) is 0.273. The number of amides is 1. The molecule has 0 saturated carbocycles. The summed E-state index contributed by atoms with van der Waals surface area (Å²) in [4.78, 5) is 12.2. The van der Waals surface area contributed by atoms with Crippen LogP contribution in [0.15, 0.2) is 60.8 Å². The Bertz CT molecular complexity index is 902. The molecule has 0 radical (unpaired) electrons. The van der Waals surface area contributed by atoms with Gasteiger partial charge in [0.05, 0.1) is 19.3 Å². The van der Waals surface area contributed by atoms with Crippen molar-refractivity contribution < 1.29 is 9.53 Å². The van der Waals surface area contributed by atoms with Crippen molar-refractivity contribution in [3.63, 3.8) is 0 Å². The lowest BCUT2D eigenvalue weighted by molar-refractivity contribution is -0.116. The van der Waals surface area contributed by atoms with Crippen LogP contribution in [0.2, 0.25) is 0 Å². The average molecular weight is 363 g/mol. The fourth-order valence-electron chi connectivity index (χ4n) is 2.88. The van der Waals surface area contributed by atoms with Gasteiger partial charge in [-0.25, -0.2) is 4.68 Å². The Labute approximate surface area is 160 Å². The van der Waals surface area contributed by atoms with Crippen LogP contribution < -0.4 is 10.1 Å². The van der Waals surface area contributed by atoms with Gasteiger partial charge >= 0.3 is 0 Å². The standard InChI is InChI=1S/C22H25N3O2/c1-17-6-3-8-19(14-17)16-25-21(11-12-23-25)24-22(26)10-5-13-27-20-9-4-7-18(2)15-20/h3-4,6-9,11-12,14-15H,5,10,13,16H2,1-2H3,(H,24,26). The lowest BCUT2D eigenvalue weighted by Gasteiger charge is -2.10. The minimum absolute atomic E-state index is 0.0335. The van der Waals surface area contributed by atoms with E-state index in [2.05, 4.69) is 35.5 Å². The van der Waals surface area contributed by atoms with Crippen LogP contribution >= 0.6 is 0 Å². The minimum Gasteiger partial charge on any atom is -0.494 e. The van der Waals surface area contributed by atoms with Crippen LogP contribution in [-0.4, -0.2) is 22.3 Å². The van der Waals surface area contributed by atoms with Gasteiger partial charge in [0.2, 0.25) is 5.91 Å². The van der Waals surface area contributed by atoms with Crippen molar-refractivity contribution in [2.75, 3.05) is 11.9 Å². The third-order valence-corrected chi connectivity index (χ3v) is 4.21. The Balaban J connectivity index is 1.46. The van der Waals surface area contributed by atoms with E-state index in [-0.39, 0.29) is 5.91 Å². The molecule has 5 heteroatoms. The summed E-state index contributed by atoms with van der Waals surface area (Å²) in [6.45, 7) is 5.23. The van der Waals surface area contributed by atoms with E-state index < -0.39 is 0 Å². The van der Waals surface area contributed by atoms with Gasteiger partial charge < -0.3 is 10.1 Å². The van der Waals surface area contributed by atoms with Crippen LogP contribution in [0.5, 0.6) is 5.75 Å². The SMILES string of the molecule is Cc1cccc(Cn2nccc2NC(=O)CCCOc2cccc(C)c2)c1. The molecule has 0 aliphatic carbocycles. The molecule has 0 bridgehead atoms. The minimum atomic E-state index is -0.0335. The van der Waals surface area contributed by atoms with Gasteiger partial charge in [0.25, 0.3) is 0 Å². The lowest BCUT2D eigenvalue weighted by atomic mass is 10.1. The second-order valence-electron chi connectivity index (χ2n) is 6.68. The maximum atomic E-state index is 12.2. The zero-order chi connectivity index (χ0) is 19.1. The summed E-state index contributed by atoms with van der Waals surface area (Å²) in [5, 5.41) is 7.25. The van der Waals surface area contributed by atoms with Gasteiger partial charge in [0, 0.05) is 12.5 Å². The Morgan fingerprint density at radius 3 is 2.63 bits per heavy atom. The summed E-state index contributed by atoms with van der Waals surface area (Å²) in [6, 6.07) is 18.0. The number of nitrogens with one attached hydrogen (secondary N) is 1. The first-order chi connectivity index (χ1) is 13.1. The predicted octanol–water partition coefficient (Wildman–Crippen LogP) is 4.35. The highest BCUT2D eigenvalue weighted by Gasteiger charge is 2.08. The van der Waals surface area contributed by atoms with E-state index in [1.165, 1.54) is 5.56 Å². The number of aryl methyl sites for hydroxylation is 2. The van der Waals surface area contributed by atoms with E-state index in [4.69, 9.17) is 4.74 Å². The average Bonchev–Trinajstić information content (AvgIpc) is 3.05. The normalized spacial score (nSPS) is 10.6. The van der Waals surface area contributed by atoms with Crippen LogP contribution in [0, 0.1) is 13.8 Å². The molecule has 1 amide bonds. The molecular formula is C22H25N3O2. The molecule has 27 heavy (non-hydrogen) atoms. The molecule has 3 rings (SSSR count). The van der Waals surface area contributed by atoms with E-state index in [1.807, 2.05) is 43.3 Å². The lowest BCUT2D eigenvalue weighted by Crippen LogP contribution is -2.16. The molecule has 140 valence electrons. The van der Waals surface area contributed by atoms with E-state index in [0.717, 1.165) is 16.9 Å². The number of ether oxygens (including phenoxy) is 1. The number of nitrogens with zero attached hydrogens (tertiary/aromatic N) is 2. The fourth-order valence-corrected chi connectivity index (χ4v) is 2.88. The number of carbonyl (C=O) groups excluding carboxylic acids is 1. The van der Waals surface area contributed by atoms with E-state index in [9.17, 15) is 4.79 Å². The Morgan fingerprint density at radius 1 is 1.07 bits per heavy atom. The molecule has 0 spiro atoms. The van der Waals surface area contributed by atoms with Crippen molar-refractivity contribution in [3.8, 4) is 5.75 Å². The molecule has 0 unspecified atom stereocenters. The quantitative estimate of drug-likeness (QED) is 0.606. The molecule has 0 saturated heterocycles. The first-order valence-electron chi connectivity index (χ1n) is 9.17. The summed E-state index contributed by atoms with van der Waals surface area (Å²) < 4.78 is 7.49. The van der Waals surface area contributed by atoms with Crippen LogP contribution in [0.1, 0.15) is 29.5 Å². The molecule has 1 heterocycles. The second kappa shape index (κ2) is 9.03. The number of hydrogen-bond acceptors (Lipinski definition) is 3. The van der Waals surface area contributed by atoms with Crippen LogP contribution in [0.3, 0.4) is 0 Å². The zero-order valence-corrected chi connectivity index (χ0v) is 15.8. The van der Waals surface area contributed by atoms with Gasteiger partial charge in [0.15, 0.2) is 0 Å². The van der Waals surface area contributed by atoms with Gasteiger partial charge in [-0.05, 0) is 43.5 Å². The molecule has 0 fully saturated rings. The smallest absolute Gasteiger partial charge is 0.225 e. The molecule has 5 nitrogen and oxygen atoms in total. The summed E-state index contributed by atoms with van der Waals surface area (Å²) in [5.41, 5.74) is 3.52. The zero-order valence-electron chi connectivity index (χ0n) is 15.8. The number of carbonyl (C=O) groups is 1. The monoisotopic (exact) mass is 363 g/mol. The van der Waals surface area contributed by atoms with Crippen molar-refractivity contribution in [3.05, 3.63) is 77.5 Å². The molecular weight excluding hydrogens is 338 g/mol. The van der Waals surface area contributed by atoms with Crippen molar-refractivity contribution in [1.29, 1.82) is 0 Å². The Kier molecular flexibility index (Phi) is 6.26. The second-order valence-corrected chi connectivity index (χ2v) is 6.68. The third kappa shape index (κ3) is 5.71. The molecule has 0 atom stereocenters. The number of rotatable bonds is 8. The first-order valence-corrected chi connectivity index (χ1v) is 9.17. The number of hydrogen-bond donors (Lipinski definition) is 1. The summed E-state index contributed by atoms with van der Waals surface area (Å²) in [7, 11) is 0. The molecule has 2 aromatic carbocycles. The maximum Gasteiger partial charge on any atom is 0.225 e. The molecule has 0 aliphatic rings. The Hall–Kier alpha value is -3.08. The van der Waals surface area contributed by atoms with Gasteiger partial charge in [-0.1, -0.05) is 42.0 Å². The Morgan fingerprint density at radius 2 is 1.85 bits per heavy atom. The van der Waals surface area contributed by atoms with Crippen molar-refractivity contribution in [1.82, 2.24) is 9.78 Å². The van der Waals surface area contributed by atoms with Gasteiger partial charge in [-0.15, -0.1) is 0 Å². The van der Waals surface area contributed by atoms with E-state index in [0.29, 0.717) is 31.8 Å². The maximum absolute atomic E-state index is 12.2. The molecule has 1 aromatic heterocycles. The van der Waals surface area contributed by atoms with Gasteiger partial charge in [-0.3, -0.25) is 4.79 Å². The van der Waals surface area contributed by atoms with Crippen molar-refractivity contribution in [2.24, 2.45) is 0 Å². The number of anilines is 1. The van der Waals surface area contributed by atoms with Crippen LogP contribution in [-0.2, 0) is 11.3 Å². The van der Waals surface area contributed by atoms with Crippen LogP contribution in [0.25, 0.3) is 0 Å². The van der Waals surface area contributed by atoms with Crippen molar-refractivity contribution in [2.45, 2.75) is 33.2 Å². The van der Waals surface area contributed by atoms with E-state index >= 15 is 0 Å². The van der Waals surface area contributed by atoms with Gasteiger partial charge in [0.1, 0.15) is 11.6 Å². The van der Waals surface area contributed by atoms with E-state index in [1.54, 1.807) is 10.9 Å².